The lowest BCUT2D eigenvalue weighted by atomic mass is 10.1. The zero-order chi connectivity index (χ0) is 13.9. The van der Waals surface area contributed by atoms with Crippen LogP contribution in [-0.2, 0) is 9.53 Å². The molecule has 2 aliphatic rings. The van der Waals surface area contributed by atoms with Gasteiger partial charge in [0, 0.05) is 19.1 Å². The van der Waals surface area contributed by atoms with Crippen molar-refractivity contribution in [3.63, 3.8) is 0 Å². The normalized spacial score (nSPS) is 26.2. The SMILES string of the molecule is COc1cccc(C2NCC(=O)N2CC2CCOC2)c1. The van der Waals surface area contributed by atoms with Crippen molar-refractivity contribution in [3.8, 4) is 5.75 Å². The van der Waals surface area contributed by atoms with Crippen LogP contribution in [0.25, 0.3) is 0 Å². The van der Waals surface area contributed by atoms with E-state index in [0.717, 1.165) is 37.5 Å². The average molecular weight is 276 g/mol. The molecule has 2 saturated heterocycles. The molecule has 0 aliphatic carbocycles. The molecule has 2 fully saturated rings. The quantitative estimate of drug-likeness (QED) is 0.896. The van der Waals surface area contributed by atoms with E-state index in [1.54, 1.807) is 7.11 Å². The fourth-order valence-electron chi connectivity index (χ4n) is 2.86. The van der Waals surface area contributed by atoms with Gasteiger partial charge in [-0.25, -0.2) is 0 Å². The number of methoxy groups -OCH3 is 1. The molecule has 1 aromatic rings. The van der Waals surface area contributed by atoms with Gasteiger partial charge in [0.2, 0.25) is 5.91 Å². The van der Waals surface area contributed by atoms with Gasteiger partial charge in [-0.05, 0) is 24.1 Å². The molecule has 1 amide bonds. The molecule has 108 valence electrons. The van der Waals surface area contributed by atoms with E-state index < -0.39 is 0 Å². The zero-order valence-electron chi connectivity index (χ0n) is 11.7. The summed E-state index contributed by atoms with van der Waals surface area (Å²) < 4.78 is 10.7. The maximum absolute atomic E-state index is 12.1. The summed E-state index contributed by atoms with van der Waals surface area (Å²) in [6.45, 7) is 2.72. The molecule has 3 rings (SSSR count). The molecule has 0 bridgehead atoms. The van der Waals surface area contributed by atoms with Gasteiger partial charge in [-0.1, -0.05) is 12.1 Å². The van der Waals surface area contributed by atoms with Crippen molar-refractivity contribution in [3.05, 3.63) is 29.8 Å². The largest absolute Gasteiger partial charge is 0.497 e. The van der Waals surface area contributed by atoms with Crippen molar-refractivity contribution in [1.29, 1.82) is 0 Å². The maximum atomic E-state index is 12.1. The highest BCUT2D eigenvalue weighted by atomic mass is 16.5. The molecular weight excluding hydrogens is 256 g/mol. The second-order valence-electron chi connectivity index (χ2n) is 5.34. The Balaban J connectivity index is 1.77. The first-order valence-electron chi connectivity index (χ1n) is 7.02. The van der Waals surface area contributed by atoms with Gasteiger partial charge in [0.1, 0.15) is 11.9 Å². The molecular formula is C15H20N2O3. The lowest BCUT2D eigenvalue weighted by molar-refractivity contribution is -0.128. The van der Waals surface area contributed by atoms with Crippen LogP contribution in [0.4, 0.5) is 0 Å². The van der Waals surface area contributed by atoms with Gasteiger partial charge in [0.05, 0.1) is 20.3 Å². The molecule has 2 unspecified atom stereocenters. The van der Waals surface area contributed by atoms with Crippen molar-refractivity contribution in [2.24, 2.45) is 5.92 Å². The summed E-state index contributed by atoms with van der Waals surface area (Å²) in [5, 5.41) is 3.28. The van der Waals surface area contributed by atoms with E-state index in [-0.39, 0.29) is 12.1 Å². The smallest absolute Gasteiger partial charge is 0.238 e. The highest BCUT2D eigenvalue weighted by Crippen LogP contribution is 2.27. The van der Waals surface area contributed by atoms with E-state index >= 15 is 0 Å². The third kappa shape index (κ3) is 2.64. The average Bonchev–Trinajstić information content (AvgIpc) is 3.11. The number of carbonyl (C=O) groups is 1. The van der Waals surface area contributed by atoms with Crippen LogP contribution in [0.5, 0.6) is 5.75 Å². The Morgan fingerprint density at radius 2 is 2.40 bits per heavy atom. The topological polar surface area (TPSA) is 50.8 Å². The van der Waals surface area contributed by atoms with Crippen LogP contribution < -0.4 is 10.1 Å². The fraction of sp³-hybridized carbons (Fsp3) is 0.533. The van der Waals surface area contributed by atoms with Gasteiger partial charge < -0.3 is 14.4 Å². The van der Waals surface area contributed by atoms with Crippen LogP contribution >= 0.6 is 0 Å². The van der Waals surface area contributed by atoms with Crippen molar-refractivity contribution >= 4 is 5.91 Å². The molecule has 5 nitrogen and oxygen atoms in total. The molecule has 1 N–H and O–H groups in total. The fourth-order valence-corrected chi connectivity index (χ4v) is 2.86. The van der Waals surface area contributed by atoms with Crippen molar-refractivity contribution in [2.45, 2.75) is 12.6 Å². The van der Waals surface area contributed by atoms with E-state index in [1.807, 2.05) is 29.2 Å². The number of ether oxygens (including phenoxy) is 2. The summed E-state index contributed by atoms with van der Waals surface area (Å²) in [7, 11) is 1.65. The third-order valence-corrected chi connectivity index (χ3v) is 3.97. The molecule has 0 radical (unpaired) electrons. The van der Waals surface area contributed by atoms with Gasteiger partial charge in [-0.3, -0.25) is 10.1 Å². The van der Waals surface area contributed by atoms with Crippen LogP contribution in [0.2, 0.25) is 0 Å². The number of carbonyl (C=O) groups excluding carboxylic acids is 1. The summed E-state index contributed by atoms with van der Waals surface area (Å²) in [5.74, 6) is 1.42. The number of nitrogens with one attached hydrogen (secondary N) is 1. The number of benzene rings is 1. The van der Waals surface area contributed by atoms with Gasteiger partial charge in [0.15, 0.2) is 0 Å². The number of hydrogen-bond acceptors (Lipinski definition) is 4. The predicted molar refractivity (Wildman–Crippen MR) is 74.4 cm³/mol. The molecule has 2 atom stereocenters. The van der Waals surface area contributed by atoms with Crippen molar-refractivity contribution < 1.29 is 14.3 Å². The number of amides is 1. The predicted octanol–water partition coefficient (Wildman–Crippen LogP) is 1.16. The van der Waals surface area contributed by atoms with Gasteiger partial charge in [-0.15, -0.1) is 0 Å². The summed E-state index contributed by atoms with van der Waals surface area (Å²) in [6.07, 6.45) is 0.979. The molecule has 0 aromatic heterocycles. The van der Waals surface area contributed by atoms with Gasteiger partial charge in [-0.2, -0.15) is 0 Å². The summed E-state index contributed by atoms with van der Waals surface area (Å²) in [5.41, 5.74) is 1.06. The Kier molecular flexibility index (Phi) is 3.89. The molecule has 2 aliphatic heterocycles. The van der Waals surface area contributed by atoms with Crippen LogP contribution in [0.1, 0.15) is 18.2 Å². The monoisotopic (exact) mass is 276 g/mol. The molecule has 20 heavy (non-hydrogen) atoms. The third-order valence-electron chi connectivity index (χ3n) is 3.97. The molecule has 0 spiro atoms. The maximum Gasteiger partial charge on any atom is 0.238 e. The molecule has 1 aromatic carbocycles. The minimum atomic E-state index is -0.0572. The number of nitrogens with zero attached hydrogens (tertiary/aromatic N) is 1. The number of rotatable bonds is 4. The number of hydrogen-bond donors (Lipinski definition) is 1. The van der Waals surface area contributed by atoms with Crippen LogP contribution in [0, 0.1) is 5.92 Å². The highest BCUT2D eigenvalue weighted by molar-refractivity contribution is 5.81. The van der Waals surface area contributed by atoms with E-state index in [1.165, 1.54) is 0 Å². The van der Waals surface area contributed by atoms with E-state index in [0.29, 0.717) is 12.5 Å². The molecule has 5 heteroatoms. The lowest BCUT2D eigenvalue weighted by Gasteiger charge is -2.27. The van der Waals surface area contributed by atoms with Crippen LogP contribution in [0.15, 0.2) is 24.3 Å². The van der Waals surface area contributed by atoms with E-state index in [2.05, 4.69) is 5.32 Å². The Morgan fingerprint density at radius 3 is 3.15 bits per heavy atom. The Hall–Kier alpha value is -1.59. The summed E-state index contributed by atoms with van der Waals surface area (Å²) >= 11 is 0. The first-order valence-corrected chi connectivity index (χ1v) is 7.02. The van der Waals surface area contributed by atoms with Gasteiger partial charge in [0.25, 0.3) is 0 Å². The first kappa shape index (κ1) is 13.4. The van der Waals surface area contributed by atoms with Crippen molar-refractivity contribution in [2.75, 3.05) is 33.4 Å². The second-order valence-corrected chi connectivity index (χ2v) is 5.34. The first-order chi connectivity index (χ1) is 9.78. The minimum absolute atomic E-state index is 0.0572. The lowest BCUT2D eigenvalue weighted by Crippen LogP contribution is -2.35. The second kappa shape index (κ2) is 5.81. The van der Waals surface area contributed by atoms with E-state index in [9.17, 15) is 4.79 Å². The van der Waals surface area contributed by atoms with Crippen LogP contribution in [0.3, 0.4) is 0 Å². The van der Waals surface area contributed by atoms with E-state index in [4.69, 9.17) is 9.47 Å². The summed E-state index contributed by atoms with van der Waals surface area (Å²) in [6, 6.07) is 7.87. The minimum Gasteiger partial charge on any atom is -0.497 e. The standard InChI is InChI=1S/C15H20N2O3/c1-19-13-4-2-3-12(7-13)15-16-8-14(18)17(15)9-11-5-6-20-10-11/h2-4,7,11,15-16H,5-6,8-10H2,1H3. The Labute approximate surface area is 118 Å². The van der Waals surface area contributed by atoms with Gasteiger partial charge >= 0.3 is 0 Å². The molecule has 2 heterocycles. The van der Waals surface area contributed by atoms with Crippen LogP contribution in [-0.4, -0.2) is 44.2 Å². The summed E-state index contributed by atoms with van der Waals surface area (Å²) in [4.78, 5) is 14.0. The molecule has 0 saturated carbocycles. The Morgan fingerprint density at radius 1 is 1.50 bits per heavy atom. The highest BCUT2D eigenvalue weighted by Gasteiger charge is 2.34. The van der Waals surface area contributed by atoms with Crippen molar-refractivity contribution in [1.82, 2.24) is 10.2 Å². The Bertz CT molecular complexity index is 486. The zero-order valence-corrected chi connectivity index (χ0v) is 11.7.